The molecule has 0 radical (unpaired) electrons. The van der Waals surface area contributed by atoms with Crippen LogP contribution in [0.5, 0.6) is 0 Å². The van der Waals surface area contributed by atoms with Gasteiger partial charge in [0.15, 0.2) is 0 Å². The van der Waals surface area contributed by atoms with E-state index in [4.69, 9.17) is 5.14 Å². The molecule has 0 amide bonds. The molecule has 0 saturated carbocycles. The number of hydrogen-bond acceptors (Lipinski definition) is 3. The predicted octanol–water partition coefficient (Wildman–Crippen LogP) is 1.47. The lowest BCUT2D eigenvalue weighted by molar-refractivity contribution is -0.137. The largest absolute Gasteiger partial charge is 0.416 e. The van der Waals surface area contributed by atoms with Crippen molar-refractivity contribution in [3.63, 3.8) is 0 Å². The molecule has 0 fully saturated rings. The quantitative estimate of drug-likeness (QED) is 0.781. The topological polar surface area (TPSA) is 72.2 Å². The van der Waals surface area contributed by atoms with Gasteiger partial charge in [-0.15, -0.1) is 0 Å². The number of nitrogens with two attached hydrogens (primary N) is 1. The SMILES string of the molecule is NS(=O)(=O)CCCNCc1cccc(C(F)(F)F)c1. The molecule has 4 nitrogen and oxygen atoms in total. The van der Waals surface area contributed by atoms with Crippen LogP contribution in [0.15, 0.2) is 24.3 Å². The van der Waals surface area contributed by atoms with Gasteiger partial charge in [-0.05, 0) is 24.6 Å². The van der Waals surface area contributed by atoms with Crippen LogP contribution in [-0.4, -0.2) is 20.7 Å². The van der Waals surface area contributed by atoms with E-state index in [0.29, 0.717) is 18.5 Å². The first kappa shape index (κ1) is 15.9. The fourth-order valence-corrected chi connectivity index (χ4v) is 2.04. The summed E-state index contributed by atoms with van der Waals surface area (Å²) in [6.45, 7) is 0.612. The molecule has 0 aromatic heterocycles. The van der Waals surface area contributed by atoms with Crippen LogP contribution >= 0.6 is 0 Å². The second-order valence-corrected chi connectivity index (χ2v) is 5.83. The van der Waals surface area contributed by atoms with Gasteiger partial charge in [0.25, 0.3) is 0 Å². The van der Waals surface area contributed by atoms with Gasteiger partial charge < -0.3 is 5.32 Å². The van der Waals surface area contributed by atoms with Crippen molar-refractivity contribution in [3.05, 3.63) is 35.4 Å². The van der Waals surface area contributed by atoms with Crippen molar-refractivity contribution < 1.29 is 21.6 Å². The maximum absolute atomic E-state index is 12.4. The normalized spacial score (nSPS) is 12.6. The van der Waals surface area contributed by atoms with Crippen molar-refractivity contribution in [1.29, 1.82) is 0 Å². The zero-order valence-corrected chi connectivity index (χ0v) is 10.9. The number of sulfonamides is 1. The highest BCUT2D eigenvalue weighted by Gasteiger charge is 2.30. The van der Waals surface area contributed by atoms with E-state index in [1.54, 1.807) is 6.07 Å². The Balaban J connectivity index is 2.42. The first-order valence-electron chi connectivity index (χ1n) is 5.56. The Bertz CT molecular complexity index is 515. The molecule has 0 heterocycles. The van der Waals surface area contributed by atoms with Crippen molar-refractivity contribution in [2.24, 2.45) is 5.14 Å². The molecule has 0 aliphatic rings. The van der Waals surface area contributed by atoms with Gasteiger partial charge in [-0.3, -0.25) is 0 Å². The number of rotatable bonds is 6. The smallest absolute Gasteiger partial charge is 0.313 e. The standard InChI is InChI=1S/C11H15F3N2O2S/c12-11(13,14)10-4-1-3-9(7-10)8-16-5-2-6-19(15,17)18/h1,3-4,7,16H,2,5-6,8H2,(H2,15,17,18). The number of halogens is 3. The lowest BCUT2D eigenvalue weighted by atomic mass is 10.1. The highest BCUT2D eigenvalue weighted by atomic mass is 32.2. The highest BCUT2D eigenvalue weighted by molar-refractivity contribution is 7.89. The van der Waals surface area contributed by atoms with Gasteiger partial charge in [0.1, 0.15) is 0 Å². The van der Waals surface area contributed by atoms with Crippen molar-refractivity contribution in [2.75, 3.05) is 12.3 Å². The van der Waals surface area contributed by atoms with Crippen molar-refractivity contribution in [3.8, 4) is 0 Å². The second-order valence-electron chi connectivity index (χ2n) is 4.10. The molecule has 3 N–H and O–H groups in total. The number of alkyl halides is 3. The first-order valence-corrected chi connectivity index (χ1v) is 7.27. The minimum atomic E-state index is -4.36. The molecular weight excluding hydrogens is 281 g/mol. The van der Waals surface area contributed by atoms with Crippen LogP contribution in [0.25, 0.3) is 0 Å². The van der Waals surface area contributed by atoms with E-state index in [-0.39, 0.29) is 12.3 Å². The maximum Gasteiger partial charge on any atom is 0.416 e. The molecule has 108 valence electrons. The average Bonchev–Trinajstić information content (AvgIpc) is 2.26. The number of benzene rings is 1. The summed E-state index contributed by atoms with van der Waals surface area (Å²) in [6, 6.07) is 4.98. The molecule has 1 aromatic rings. The highest BCUT2D eigenvalue weighted by Crippen LogP contribution is 2.29. The molecule has 0 bridgehead atoms. The van der Waals surface area contributed by atoms with E-state index in [1.165, 1.54) is 6.07 Å². The summed E-state index contributed by atoms with van der Waals surface area (Å²) in [5.74, 6) is -0.150. The van der Waals surface area contributed by atoms with Gasteiger partial charge in [-0.1, -0.05) is 18.2 Å². The van der Waals surface area contributed by atoms with E-state index in [9.17, 15) is 21.6 Å². The Morgan fingerprint density at radius 1 is 1.26 bits per heavy atom. The minimum absolute atomic E-state index is 0.150. The molecule has 0 saturated heterocycles. The minimum Gasteiger partial charge on any atom is -0.313 e. The second kappa shape index (κ2) is 6.36. The van der Waals surface area contributed by atoms with Crippen LogP contribution < -0.4 is 10.5 Å². The summed E-state index contributed by atoms with van der Waals surface area (Å²) < 4.78 is 58.6. The summed E-state index contributed by atoms with van der Waals surface area (Å²) in [6.07, 6.45) is -4.04. The van der Waals surface area contributed by atoms with Crippen molar-refractivity contribution in [2.45, 2.75) is 19.1 Å². The van der Waals surface area contributed by atoms with Gasteiger partial charge in [0.2, 0.25) is 10.0 Å². The summed E-state index contributed by atoms with van der Waals surface area (Å²) >= 11 is 0. The van der Waals surface area contributed by atoms with Crippen LogP contribution in [0.4, 0.5) is 13.2 Å². The Morgan fingerprint density at radius 2 is 1.95 bits per heavy atom. The Hall–Kier alpha value is -1.12. The molecule has 0 aliphatic heterocycles. The van der Waals surface area contributed by atoms with Crippen LogP contribution in [0.1, 0.15) is 17.5 Å². The van der Waals surface area contributed by atoms with Crippen molar-refractivity contribution >= 4 is 10.0 Å². The number of hydrogen-bond donors (Lipinski definition) is 2. The van der Waals surface area contributed by atoms with Gasteiger partial charge in [-0.2, -0.15) is 13.2 Å². The molecule has 8 heteroatoms. The van der Waals surface area contributed by atoms with E-state index < -0.39 is 21.8 Å². The molecule has 1 aromatic carbocycles. The Labute approximate surface area is 109 Å². The van der Waals surface area contributed by atoms with Gasteiger partial charge in [0.05, 0.1) is 11.3 Å². The van der Waals surface area contributed by atoms with E-state index in [0.717, 1.165) is 12.1 Å². The summed E-state index contributed by atoms with van der Waals surface area (Å²) in [5, 5.41) is 7.68. The summed E-state index contributed by atoms with van der Waals surface area (Å²) in [4.78, 5) is 0. The lowest BCUT2D eigenvalue weighted by Gasteiger charge is -2.09. The third kappa shape index (κ3) is 6.55. The van der Waals surface area contributed by atoms with Gasteiger partial charge in [0, 0.05) is 6.54 Å². The predicted molar refractivity (Wildman–Crippen MR) is 65.7 cm³/mol. The van der Waals surface area contributed by atoms with Crippen LogP contribution in [0, 0.1) is 0 Å². The lowest BCUT2D eigenvalue weighted by Crippen LogP contribution is -2.22. The Kier molecular flexibility index (Phi) is 5.33. The van der Waals surface area contributed by atoms with Crippen LogP contribution in [-0.2, 0) is 22.7 Å². The zero-order chi connectivity index (χ0) is 14.5. The Morgan fingerprint density at radius 3 is 2.53 bits per heavy atom. The van der Waals surface area contributed by atoms with Crippen LogP contribution in [0.2, 0.25) is 0 Å². The monoisotopic (exact) mass is 296 g/mol. The molecule has 1 rings (SSSR count). The molecule has 0 unspecified atom stereocenters. The molecule has 0 aliphatic carbocycles. The van der Waals surface area contributed by atoms with Gasteiger partial charge in [-0.25, -0.2) is 13.6 Å². The number of nitrogens with one attached hydrogen (secondary N) is 1. The van der Waals surface area contributed by atoms with E-state index >= 15 is 0 Å². The molecule has 0 atom stereocenters. The van der Waals surface area contributed by atoms with E-state index in [1.807, 2.05) is 0 Å². The third-order valence-electron chi connectivity index (χ3n) is 2.37. The number of primary sulfonamides is 1. The van der Waals surface area contributed by atoms with Crippen LogP contribution in [0.3, 0.4) is 0 Å². The summed E-state index contributed by atoms with van der Waals surface area (Å²) in [7, 11) is -3.48. The molecule has 0 spiro atoms. The molecule has 19 heavy (non-hydrogen) atoms. The third-order valence-corrected chi connectivity index (χ3v) is 3.22. The maximum atomic E-state index is 12.4. The van der Waals surface area contributed by atoms with Crippen molar-refractivity contribution in [1.82, 2.24) is 5.32 Å². The first-order chi connectivity index (χ1) is 8.68. The zero-order valence-electron chi connectivity index (χ0n) is 10.1. The fourth-order valence-electron chi connectivity index (χ4n) is 1.49. The summed E-state index contributed by atoms with van der Waals surface area (Å²) in [5.41, 5.74) is -0.207. The average molecular weight is 296 g/mol. The molecular formula is C11H15F3N2O2S. The van der Waals surface area contributed by atoms with Gasteiger partial charge >= 0.3 is 6.18 Å². The fraction of sp³-hybridized carbons (Fsp3) is 0.455. The van der Waals surface area contributed by atoms with E-state index in [2.05, 4.69) is 5.32 Å².